The summed E-state index contributed by atoms with van der Waals surface area (Å²) in [4.78, 5) is 7.16. The van der Waals surface area contributed by atoms with Crippen molar-refractivity contribution in [2.24, 2.45) is 0 Å². The second-order valence-corrected chi connectivity index (χ2v) is 4.77. The molecule has 0 amide bonds. The van der Waals surface area contributed by atoms with Gasteiger partial charge in [-0.05, 0) is 24.6 Å². The zero-order valence-electron chi connectivity index (χ0n) is 9.13. The van der Waals surface area contributed by atoms with Gasteiger partial charge in [-0.15, -0.1) is 0 Å². The van der Waals surface area contributed by atoms with Crippen LogP contribution in [-0.4, -0.2) is 9.97 Å². The molecule has 5 heteroatoms. The first kappa shape index (κ1) is 12.6. The maximum absolute atomic E-state index is 6.18. The molecule has 0 bridgehead atoms. The molecular weight excluding hydrogens is 275 g/mol. The fourth-order valence-electron chi connectivity index (χ4n) is 1.68. The van der Waals surface area contributed by atoms with E-state index in [9.17, 15) is 0 Å². The van der Waals surface area contributed by atoms with Crippen molar-refractivity contribution in [3.8, 4) is 11.3 Å². The first-order valence-electron chi connectivity index (χ1n) is 5.15. The van der Waals surface area contributed by atoms with Crippen LogP contribution in [0, 0.1) is 4.64 Å². The highest BCUT2D eigenvalue weighted by Crippen LogP contribution is 2.31. The van der Waals surface area contributed by atoms with E-state index in [1.807, 2.05) is 13.0 Å². The second kappa shape index (κ2) is 5.17. The molecule has 0 saturated heterocycles. The van der Waals surface area contributed by atoms with Crippen molar-refractivity contribution in [2.45, 2.75) is 13.3 Å². The van der Waals surface area contributed by atoms with Crippen molar-refractivity contribution in [2.75, 3.05) is 0 Å². The molecule has 0 aliphatic heterocycles. The first-order chi connectivity index (χ1) is 8.13. The number of H-pyrrole nitrogens is 1. The number of rotatable bonds is 2. The van der Waals surface area contributed by atoms with Gasteiger partial charge in [0.05, 0.1) is 12.0 Å². The smallest absolute Gasteiger partial charge is 0.133 e. The Morgan fingerprint density at radius 2 is 2.12 bits per heavy atom. The minimum atomic E-state index is 0.595. The molecular formula is C12H10Cl2N2S. The van der Waals surface area contributed by atoms with Crippen LogP contribution in [0.5, 0.6) is 0 Å². The number of halogens is 2. The summed E-state index contributed by atoms with van der Waals surface area (Å²) < 4.78 is 0.595. The molecule has 1 N–H and O–H groups in total. The Kier molecular flexibility index (Phi) is 3.82. The van der Waals surface area contributed by atoms with E-state index in [1.165, 1.54) is 0 Å². The van der Waals surface area contributed by atoms with Crippen molar-refractivity contribution < 1.29 is 0 Å². The summed E-state index contributed by atoms with van der Waals surface area (Å²) in [5, 5.41) is 1.28. The average Bonchev–Trinajstić information content (AvgIpc) is 2.32. The van der Waals surface area contributed by atoms with E-state index >= 15 is 0 Å². The van der Waals surface area contributed by atoms with Crippen LogP contribution in [0.3, 0.4) is 0 Å². The monoisotopic (exact) mass is 284 g/mol. The molecule has 0 radical (unpaired) electrons. The van der Waals surface area contributed by atoms with E-state index in [4.69, 9.17) is 35.4 Å². The molecule has 0 spiro atoms. The lowest BCUT2D eigenvalue weighted by molar-refractivity contribution is 1.04. The summed E-state index contributed by atoms with van der Waals surface area (Å²) in [5.41, 5.74) is 2.72. The zero-order valence-corrected chi connectivity index (χ0v) is 11.5. The van der Waals surface area contributed by atoms with Crippen LogP contribution < -0.4 is 0 Å². The highest BCUT2D eigenvalue weighted by molar-refractivity contribution is 7.71. The number of benzene rings is 1. The molecule has 1 aromatic carbocycles. The van der Waals surface area contributed by atoms with Crippen LogP contribution in [-0.2, 0) is 6.42 Å². The van der Waals surface area contributed by atoms with Gasteiger partial charge < -0.3 is 4.98 Å². The standard InChI is InChI=1S/C12H10Cl2N2S/c1-2-8-11(15-6-16-12(8)17)9-5-7(13)3-4-10(9)14/h3-6H,2H2,1H3,(H,15,16,17). The number of aromatic amines is 1. The van der Waals surface area contributed by atoms with E-state index in [2.05, 4.69) is 9.97 Å². The Balaban J connectivity index is 2.72. The zero-order chi connectivity index (χ0) is 12.4. The van der Waals surface area contributed by atoms with Crippen molar-refractivity contribution in [1.82, 2.24) is 9.97 Å². The van der Waals surface area contributed by atoms with Gasteiger partial charge in [-0.3, -0.25) is 0 Å². The molecule has 1 aromatic heterocycles. The van der Waals surface area contributed by atoms with Crippen LogP contribution in [0.2, 0.25) is 10.0 Å². The van der Waals surface area contributed by atoms with Crippen LogP contribution >= 0.6 is 35.4 Å². The van der Waals surface area contributed by atoms with E-state index < -0.39 is 0 Å². The van der Waals surface area contributed by atoms with Crippen molar-refractivity contribution in [1.29, 1.82) is 0 Å². The summed E-state index contributed by atoms with van der Waals surface area (Å²) in [6.45, 7) is 2.03. The fourth-order valence-corrected chi connectivity index (χ4v) is 2.37. The molecule has 0 aliphatic carbocycles. The molecule has 2 aromatic rings. The molecule has 2 nitrogen and oxygen atoms in total. The summed E-state index contributed by atoms with van der Waals surface area (Å²) in [5.74, 6) is 0. The lowest BCUT2D eigenvalue weighted by Crippen LogP contribution is -1.95. The SMILES string of the molecule is CCc1c(-c2cc(Cl)ccc2Cl)[nH]cnc1=S. The number of hydrogen-bond acceptors (Lipinski definition) is 2. The highest BCUT2D eigenvalue weighted by Gasteiger charge is 2.10. The van der Waals surface area contributed by atoms with Crippen molar-refractivity contribution >= 4 is 35.4 Å². The van der Waals surface area contributed by atoms with Gasteiger partial charge >= 0.3 is 0 Å². The van der Waals surface area contributed by atoms with Crippen LogP contribution in [0.1, 0.15) is 12.5 Å². The van der Waals surface area contributed by atoms with Crippen LogP contribution in [0.25, 0.3) is 11.3 Å². The average molecular weight is 285 g/mol. The van der Waals surface area contributed by atoms with Gasteiger partial charge in [0.15, 0.2) is 0 Å². The molecule has 88 valence electrons. The normalized spacial score (nSPS) is 10.5. The highest BCUT2D eigenvalue weighted by atomic mass is 35.5. The Morgan fingerprint density at radius 1 is 1.35 bits per heavy atom. The Hall–Kier alpha value is -0.900. The van der Waals surface area contributed by atoms with E-state index in [0.717, 1.165) is 23.2 Å². The van der Waals surface area contributed by atoms with Gasteiger partial charge in [-0.2, -0.15) is 0 Å². The van der Waals surface area contributed by atoms with E-state index in [1.54, 1.807) is 18.5 Å². The summed E-state index contributed by atoms with van der Waals surface area (Å²) >= 11 is 17.4. The van der Waals surface area contributed by atoms with Gasteiger partial charge in [-0.1, -0.05) is 42.3 Å². The molecule has 0 saturated carbocycles. The minimum Gasteiger partial charge on any atom is -0.345 e. The van der Waals surface area contributed by atoms with Gasteiger partial charge in [0.25, 0.3) is 0 Å². The largest absolute Gasteiger partial charge is 0.345 e. The van der Waals surface area contributed by atoms with Gasteiger partial charge in [-0.25, -0.2) is 4.98 Å². The van der Waals surface area contributed by atoms with Gasteiger partial charge in [0.2, 0.25) is 0 Å². The number of hydrogen-bond donors (Lipinski definition) is 1. The Bertz CT molecular complexity index is 608. The quantitative estimate of drug-likeness (QED) is 0.812. The Labute approximate surface area is 115 Å². The predicted octanol–water partition coefficient (Wildman–Crippen LogP) is 4.68. The maximum Gasteiger partial charge on any atom is 0.133 e. The van der Waals surface area contributed by atoms with Crippen molar-refractivity contribution in [3.63, 3.8) is 0 Å². The molecule has 0 fully saturated rings. The minimum absolute atomic E-state index is 0.595. The third-order valence-corrected chi connectivity index (χ3v) is 3.42. The lowest BCUT2D eigenvalue weighted by atomic mass is 10.1. The lowest BCUT2D eigenvalue weighted by Gasteiger charge is -2.09. The summed E-state index contributed by atoms with van der Waals surface area (Å²) in [7, 11) is 0. The number of aromatic nitrogens is 2. The Morgan fingerprint density at radius 3 is 2.82 bits per heavy atom. The van der Waals surface area contributed by atoms with E-state index in [-0.39, 0.29) is 0 Å². The number of nitrogens with zero attached hydrogens (tertiary/aromatic N) is 1. The van der Waals surface area contributed by atoms with Crippen molar-refractivity contribution in [3.05, 3.63) is 44.8 Å². The number of nitrogens with one attached hydrogen (secondary N) is 1. The second-order valence-electron chi connectivity index (χ2n) is 3.54. The molecule has 2 rings (SSSR count). The third kappa shape index (κ3) is 2.51. The fraction of sp³-hybridized carbons (Fsp3) is 0.167. The van der Waals surface area contributed by atoms with Gasteiger partial charge in [0.1, 0.15) is 4.64 Å². The summed E-state index contributed by atoms with van der Waals surface area (Å²) in [6.07, 6.45) is 2.37. The van der Waals surface area contributed by atoms with Crippen LogP contribution in [0.15, 0.2) is 24.5 Å². The maximum atomic E-state index is 6.18. The predicted molar refractivity (Wildman–Crippen MR) is 74.3 cm³/mol. The molecule has 17 heavy (non-hydrogen) atoms. The van der Waals surface area contributed by atoms with Crippen LogP contribution in [0.4, 0.5) is 0 Å². The third-order valence-electron chi connectivity index (χ3n) is 2.50. The molecule has 0 aliphatic rings. The first-order valence-corrected chi connectivity index (χ1v) is 6.32. The molecule has 0 atom stereocenters. The topological polar surface area (TPSA) is 28.7 Å². The van der Waals surface area contributed by atoms with E-state index in [0.29, 0.717) is 14.7 Å². The molecule has 0 unspecified atom stereocenters. The summed E-state index contributed by atoms with van der Waals surface area (Å²) in [6, 6.07) is 5.36. The molecule has 1 heterocycles. The van der Waals surface area contributed by atoms with Gasteiger partial charge in [0, 0.05) is 21.2 Å².